The molecule has 0 saturated heterocycles. The van der Waals surface area contributed by atoms with Crippen molar-refractivity contribution < 1.29 is 0 Å². The van der Waals surface area contributed by atoms with Crippen LogP contribution < -0.4 is 11.1 Å². The van der Waals surface area contributed by atoms with Crippen LogP contribution in [0.4, 0.5) is 0 Å². The molecule has 3 N–H and O–H groups in total. The summed E-state index contributed by atoms with van der Waals surface area (Å²) in [5.74, 6) is 1.27. The summed E-state index contributed by atoms with van der Waals surface area (Å²) in [4.78, 5) is 4.30. The number of hydrogen-bond acceptors (Lipinski definition) is 1. The number of nitrogens with one attached hydrogen (secondary N) is 1. The van der Waals surface area contributed by atoms with Gasteiger partial charge in [0.25, 0.3) is 0 Å². The van der Waals surface area contributed by atoms with Gasteiger partial charge in [0, 0.05) is 16.0 Å². The number of rotatable bonds is 4. The van der Waals surface area contributed by atoms with E-state index < -0.39 is 0 Å². The highest BCUT2D eigenvalue weighted by atomic mass is 127. The second-order valence-electron chi connectivity index (χ2n) is 4.62. The third kappa shape index (κ3) is 5.47. The fraction of sp³-hybridized carbons (Fsp3) is 0.462. The Kier molecular flexibility index (Phi) is 7.46. The molecule has 0 radical (unpaired) electrons. The molecule has 1 saturated carbocycles. The predicted octanol–water partition coefficient (Wildman–Crippen LogP) is 3.92. The van der Waals surface area contributed by atoms with Crippen LogP contribution in [0.2, 0.25) is 5.02 Å². The summed E-state index contributed by atoms with van der Waals surface area (Å²) in [7, 11) is 0. The number of hydrogen-bond donors (Lipinski definition) is 2. The third-order valence-corrected chi connectivity index (χ3v) is 4.08. The molecule has 106 valence electrons. The lowest BCUT2D eigenvalue weighted by Crippen LogP contribution is -2.37. The number of benzene rings is 1. The SMILES string of the molecule is I.NC(=NCc1ccc(Br)cc1Cl)NCC1CCC1. The highest BCUT2D eigenvalue weighted by molar-refractivity contribution is 14.0. The first-order valence-electron chi connectivity index (χ1n) is 6.13. The maximum absolute atomic E-state index is 6.11. The fourth-order valence-corrected chi connectivity index (χ4v) is 2.56. The van der Waals surface area contributed by atoms with Crippen molar-refractivity contribution in [1.29, 1.82) is 0 Å². The molecule has 0 spiro atoms. The van der Waals surface area contributed by atoms with Crippen LogP contribution in [0, 0.1) is 5.92 Å². The zero-order valence-corrected chi connectivity index (χ0v) is 15.2. The minimum absolute atomic E-state index is 0. The van der Waals surface area contributed by atoms with Crippen LogP contribution in [0.1, 0.15) is 24.8 Å². The Morgan fingerprint density at radius 1 is 1.47 bits per heavy atom. The second-order valence-corrected chi connectivity index (χ2v) is 5.94. The molecule has 3 nitrogen and oxygen atoms in total. The molecule has 2 rings (SSSR count). The first-order valence-corrected chi connectivity index (χ1v) is 7.30. The molecule has 0 bridgehead atoms. The molecular formula is C13H18BrClIN3. The van der Waals surface area contributed by atoms with E-state index in [4.69, 9.17) is 17.3 Å². The maximum Gasteiger partial charge on any atom is 0.188 e. The lowest BCUT2D eigenvalue weighted by molar-refractivity contribution is 0.315. The van der Waals surface area contributed by atoms with Gasteiger partial charge >= 0.3 is 0 Å². The number of nitrogens with zero attached hydrogens (tertiary/aromatic N) is 1. The van der Waals surface area contributed by atoms with Gasteiger partial charge in [-0.25, -0.2) is 4.99 Å². The van der Waals surface area contributed by atoms with Crippen molar-refractivity contribution in [2.45, 2.75) is 25.8 Å². The van der Waals surface area contributed by atoms with E-state index in [-0.39, 0.29) is 24.0 Å². The summed E-state index contributed by atoms with van der Waals surface area (Å²) < 4.78 is 0.969. The predicted molar refractivity (Wildman–Crippen MR) is 95.2 cm³/mol. The van der Waals surface area contributed by atoms with E-state index in [1.807, 2.05) is 18.2 Å². The van der Waals surface area contributed by atoms with Crippen molar-refractivity contribution in [3.8, 4) is 0 Å². The van der Waals surface area contributed by atoms with Crippen molar-refractivity contribution in [1.82, 2.24) is 5.32 Å². The van der Waals surface area contributed by atoms with Crippen LogP contribution in [-0.4, -0.2) is 12.5 Å². The van der Waals surface area contributed by atoms with Crippen LogP contribution in [0.5, 0.6) is 0 Å². The zero-order chi connectivity index (χ0) is 13.0. The molecule has 0 amide bonds. The molecule has 1 aromatic carbocycles. The molecule has 0 aliphatic heterocycles. The van der Waals surface area contributed by atoms with E-state index in [9.17, 15) is 0 Å². The molecule has 0 unspecified atom stereocenters. The Balaban J connectivity index is 0.00000180. The topological polar surface area (TPSA) is 50.4 Å². The van der Waals surface area contributed by atoms with E-state index in [0.29, 0.717) is 17.5 Å². The second kappa shape index (κ2) is 8.32. The van der Waals surface area contributed by atoms with Gasteiger partial charge in [0.1, 0.15) is 0 Å². The normalized spacial score (nSPS) is 15.6. The summed E-state index contributed by atoms with van der Waals surface area (Å²) in [6.07, 6.45) is 3.95. The van der Waals surface area contributed by atoms with E-state index in [2.05, 4.69) is 26.2 Å². The fourth-order valence-electron chi connectivity index (χ4n) is 1.82. The maximum atomic E-state index is 6.11. The molecule has 0 atom stereocenters. The molecule has 0 heterocycles. The average Bonchev–Trinajstić information content (AvgIpc) is 2.25. The van der Waals surface area contributed by atoms with Gasteiger partial charge in [0.05, 0.1) is 6.54 Å². The quantitative estimate of drug-likeness (QED) is 0.408. The van der Waals surface area contributed by atoms with E-state index >= 15 is 0 Å². The summed E-state index contributed by atoms with van der Waals surface area (Å²) in [5.41, 5.74) is 6.80. The molecular weight excluding hydrogens is 440 g/mol. The van der Waals surface area contributed by atoms with E-state index in [0.717, 1.165) is 22.5 Å². The Morgan fingerprint density at radius 3 is 2.79 bits per heavy atom. The van der Waals surface area contributed by atoms with Gasteiger partial charge in [-0.05, 0) is 36.5 Å². The molecule has 1 aliphatic carbocycles. The largest absolute Gasteiger partial charge is 0.370 e. The third-order valence-electron chi connectivity index (χ3n) is 3.23. The van der Waals surface area contributed by atoms with Gasteiger partial charge < -0.3 is 11.1 Å². The van der Waals surface area contributed by atoms with Crippen LogP contribution in [0.15, 0.2) is 27.7 Å². The van der Waals surface area contributed by atoms with Gasteiger partial charge in [0.15, 0.2) is 5.96 Å². The van der Waals surface area contributed by atoms with Gasteiger partial charge in [-0.15, -0.1) is 24.0 Å². The highest BCUT2D eigenvalue weighted by Crippen LogP contribution is 2.25. The molecule has 19 heavy (non-hydrogen) atoms. The van der Waals surface area contributed by atoms with Gasteiger partial charge in [-0.1, -0.05) is 40.0 Å². The summed E-state index contributed by atoms with van der Waals surface area (Å²) >= 11 is 9.49. The molecule has 1 fully saturated rings. The van der Waals surface area contributed by atoms with Crippen molar-refractivity contribution in [3.05, 3.63) is 33.3 Å². The summed E-state index contributed by atoms with van der Waals surface area (Å²) in [6.45, 7) is 1.44. The minimum Gasteiger partial charge on any atom is -0.370 e. The van der Waals surface area contributed by atoms with Crippen molar-refractivity contribution in [2.24, 2.45) is 16.6 Å². The van der Waals surface area contributed by atoms with E-state index in [1.54, 1.807) is 0 Å². The Bertz CT molecular complexity index is 450. The van der Waals surface area contributed by atoms with Gasteiger partial charge in [-0.3, -0.25) is 0 Å². The molecule has 1 aromatic rings. The Morgan fingerprint density at radius 2 is 2.21 bits per heavy atom. The van der Waals surface area contributed by atoms with Gasteiger partial charge in [-0.2, -0.15) is 0 Å². The Labute approximate surface area is 144 Å². The number of halogens is 3. The van der Waals surface area contributed by atoms with Crippen molar-refractivity contribution >= 4 is 57.5 Å². The molecule has 0 aromatic heterocycles. The average molecular weight is 459 g/mol. The minimum atomic E-state index is 0. The zero-order valence-electron chi connectivity index (χ0n) is 10.5. The van der Waals surface area contributed by atoms with Crippen LogP contribution in [-0.2, 0) is 6.54 Å². The highest BCUT2D eigenvalue weighted by Gasteiger charge is 2.16. The number of guanidine groups is 1. The Hall–Kier alpha value is -0.0100. The lowest BCUT2D eigenvalue weighted by atomic mass is 9.85. The molecule has 1 aliphatic rings. The first kappa shape index (κ1) is 17.0. The van der Waals surface area contributed by atoms with E-state index in [1.165, 1.54) is 19.3 Å². The van der Waals surface area contributed by atoms with Gasteiger partial charge in [0.2, 0.25) is 0 Å². The van der Waals surface area contributed by atoms with Crippen LogP contribution in [0.3, 0.4) is 0 Å². The number of nitrogens with two attached hydrogens (primary N) is 1. The first-order chi connectivity index (χ1) is 8.65. The van der Waals surface area contributed by atoms with Crippen LogP contribution in [0.25, 0.3) is 0 Å². The number of aliphatic imine (C=N–C) groups is 1. The smallest absolute Gasteiger partial charge is 0.188 e. The van der Waals surface area contributed by atoms with Crippen LogP contribution >= 0.6 is 51.5 Å². The summed E-state index contributed by atoms with van der Waals surface area (Å²) in [6, 6.07) is 5.77. The lowest BCUT2D eigenvalue weighted by Gasteiger charge is -2.25. The summed E-state index contributed by atoms with van der Waals surface area (Å²) in [5, 5.41) is 3.87. The monoisotopic (exact) mass is 457 g/mol. The molecule has 6 heteroatoms. The standard InChI is InChI=1S/C13H17BrClN3.HI/c14-11-5-4-10(12(15)6-11)8-18-13(16)17-7-9-2-1-3-9;/h4-6,9H,1-3,7-8H2,(H3,16,17,18);1H. The van der Waals surface area contributed by atoms with Crippen molar-refractivity contribution in [2.75, 3.05) is 6.54 Å². The van der Waals surface area contributed by atoms with Crippen molar-refractivity contribution in [3.63, 3.8) is 0 Å².